The molecule has 2 nitrogen and oxygen atoms in total. The monoisotopic (exact) mass is 85.0 g/mol. The van der Waals surface area contributed by atoms with Crippen molar-refractivity contribution in [3.8, 4) is 5.40 Å². The van der Waals surface area contributed by atoms with Crippen molar-refractivity contribution in [1.29, 1.82) is 5.26 Å². The van der Waals surface area contributed by atoms with Crippen LogP contribution in [0, 0.1) is 10.7 Å². The van der Waals surface area contributed by atoms with Crippen LogP contribution in [-0.4, -0.2) is 24.3 Å². The summed E-state index contributed by atoms with van der Waals surface area (Å²) in [6.45, 7) is 0. The zero-order valence-electron chi connectivity index (χ0n) is 1.89. The Hall–Kier alpha value is 0.397. The molecule has 0 unspecified atom stereocenters. The van der Waals surface area contributed by atoms with Gasteiger partial charge in [-0.05, 0) is 0 Å². The Kier molecular flexibility index (Phi) is 94.4. The Bertz CT molecular complexity index is 33.1. The van der Waals surface area contributed by atoms with Crippen LogP contribution in [0.1, 0.15) is 0 Å². The number of thiol groups is 1. The van der Waals surface area contributed by atoms with Gasteiger partial charge in [-0.1, -0.05) is 12.6 Å². The molecular formula is CH4LiNOS. The van der Waals surface area contributed by atoms with E-state index >= 15 is 0 Å². The van der Waals surface area contributed by atoms with Crippen molar-refractivity contribution in [3.05, 3.63) is 0 Å². The van der Waals surface area contributed by atoms with E-state index in [1.165, 1.54) is 5.40 Å². The minimum atomic E-state index is 0. The Balaban J connectivity index is -0.0000000200. The molecule has 2 N–H and O–H groups in total. The van der Waals surface area contributed by atoms with Gasteiger partial charge in [0, 0.05) is 0 Å². The van der Waals surface area contributed by atoms with E-state index in [9.17, 15) is 0 Å². The SMILES string of the molecule is N#CS.O.[LiH]. The first-order valence-electron chi connectivity index (χ1n) is 0.447. The van der Waals surface area contributed by atoms with Crippen LogP contribution in [0.15, 0.2) is 0 Å². The summed E-state index contributed by atoms with van der Waals surface area (Å²) in [6.07, 6.45) is 0. The van der Waals surface area contributed by atoms with Crippen molar-refractivity contribution in [2.75, 3.05) is 0 Å². The zero-order chi connectivity index (χ0) is 2.71. The summed E-state index contributed by atoms with van der Waals surface area (Å²) < 4.78 is 0. The first-order chi connectivity index (χ1) is 1.41. The van der Waals surface area contributed by atoms with Crippen LogP contribution in [0.5, 0.6) is 0 Å². The van der Waals surface area contributed by atoms with Crippen LogP contribution >= 0.6 is 12.6 Å². The number of thiocyanates is 1. The van der Waals surface area contributed by atoms with Gasteiger partial charge in [0.05, 0.1) is 0 Å². The van der Waals surface area contributed by atoms with E-state index in [0.717, 1.165) is 0 Å². The third kappa shape index (κ3) is 160. The third-order valence-corrected chi connectivity index (χ3v) is 0. The summed E-state index contributed by atoms with van der Waals surface area (Å²) >= 11 is 3.09. The van der Waals surface area contributed by atoms with Crippen molar-refractivity contribution >= 4 is 31.5 Å². The third-order valence-electron chi connectivity index (χ3n) is 0. The van der Waals surface area contributed by atoms with Crippen molar-refractivity contribution in [2.45, 2.75) is 0 Å². The van der Waals surface area contributed by atoms with Crippen molar-refractivity contribution < 1.29 is 5.48 Å². The summed E-state index contributed by atoms with van der Waals surface area (Å²) in [4.78, 5) is 0. The van der Waals surface area contributed by atoms with Crippen molar-refractivity contribution in [3.63, 3.8) is 0 Å². The quantitative estimate of drug-likeness (QED) is 0.227. The van der Waals surface area contributed by atoms with Gasteiger partial charge in [0.1, 0.15) is 5.40 Å². The Morgan fingerprint density at radius 1 is 1.60 bits per heavy atom. The number of hydrogen-bond acceptors (Lipinski definition) is 2. The van der Waals surface area contributed by atoms with Crippen molar-refractivity contribution in [1.82, 2.24) is 0 Å². The molecule has 0 spiro atoms. The topological polar surface area (TPSA) is 55.3 Å². The first-order valence-corrected chi connectivity index (χ1v) is 0.894. The van der Waals surface area contributed by atoms with E-state index in [4.69, 9.17) is 5.26 Å². The summed E-state index contributed by atoms with van der Waals surface area (Å²) in [5.74, 6) is 0. The normalized spacial score (nSPS) is 1.60. The molecule has 0 bridgehead atoms. The maximum atomic E-state index is 7.18. The van der Waals surface area contributed by atoms with Gasteiger partial charge in [0.15, 0.2) is 0 Å². The second-order valence-corrected chi connectivity index (χ2v) is 0.300. The van der Waals surface area contributed by atoms with E-state index in [1.54, 1.807) is 0 Å². The van der Waals surface area contributed by atoms with Crippen LogP contribution in [0.3, 0.4) is 0 Å². The molecule has 5 heavy (non-hydrogen) atoms. The molecule has 0 radical (unpaired) electrons. The fourth-order valence-corrected chi connectivity index (χ4v) is 0. The predicted molar refractivity (Wildman–Crippen MR) is 25.4 cm³/mol. The summed E-state index contributed by atoms with van der Waals surface area (Å²) in [6, 6.07) is 0. The second kappa shape index (κ2) is 26.0. The molecule has 0 aliphatic rings. The maximum absolute atomic E-state index is 7.18. The molecule has 0 aromatic rings. The number of nitrogens with zero attached hydrogens (tertiary/aromatic N) is 1. The van der Waals surface area contributed by atoms with Gasteiger partial charge in [-0.2, -0.15) is 5.26 Å². The van der Waals surface area contributed by atoms with Gasteiger partial charge in [-0.25, -0.2) is 0 Å². The Morgan fingerprint density at radius 3 is 1.60 bits per heavy atom. The average molecular weight is 85.1 g/mol. The van der Waals surface area contributed by atoms with Gasteiger partial charge in [-0.15, -0.1) is 0 Å². The molecule has 0 saturated heterocycles. The molecule has 0 rings (SSSR count). The van der Waals surface area contributed by atoms with Crippen LogP contribution < -0.4 is 0 Å². The molecular weight excluding hydrogens is 81.0 g/mol. The summed E-state index contributed by atoms with van der Waals surface area (Å²) in [5.41, 5.74) is 0. The number of hydrogen-bond donors (Lipinski definition) is 1. The van der Waals surface area contributed by atoms with Crippen LogP contribution in [-0.2, 0) is 0 Å². The van der Waals surface area contributed by atoms with E-state index in [-0.39, 0.29) is 24.3 Å². The molecule has 0 aliphatic heterocycles. The van der Waals surface area contributed by atoms with Crippen molar-refractivity contribution in [2.24, 2.45) is 0 Å². The van der Waals surface area contributed by atoms with Crippen LogP contribution in [0.25, 0.3) is 0 Å². The first kappa shape index (κ1) is 18.2. The summed E-state index contributed by atoms with van der Waals surface area (Å²) in [7, 11) is 0. The summed E-state index contributed by atoms with van der Waals surface area (Å²) in [5, 5.41) is 8.63. The fraction of sp³-hybridized carbons (Fsp3) is 0. The molecule has 0 aromatic heterocycles. The molecule has 0 aromatic carbocycles. The van der Waals surface area contributed by atoms with Gasteiger partial charge in [0.25, 0.3) is 0 Å². The average Bonchev–Trinajstić information content (AvgIpc) is 0.918. The molecule has 4 heteroatoms. The Labute approximate surface area is 48.1 Å². The molecule has 0 atom stereocenters. The molecule has 0 fully saturated rings. The second-order valence-electron chi connectivity index (χ2n) is 0.100. The standard InChI is InChI=1S/CHNS.Li.H2O.H/c2-1-3;;;/h3H;;1H2;. The van der Waals surface area contributed by atoms with Gasteiger partial charge in [0.2, 0.25) is 0 Å². The fourth-order valence-electron chi connectivity index (χ4n) is 0. The van der Waals surface area contributed by atoms with Crippen LogP contribution in [0.4, 0.5) is 0 Å². The Morgan fingerprint density at radius 2 is 1.60 bits per heavy atom. The zero-order valence-corrected chi connectivity index (χ0v) is 2.79. The van der Waals surface area contributed by atoms with E-state index in [0.29, 0.717) is 0 Å². The predicted octanol–water partition coefficient (Wildman–Crippen LogP) is -1.08. The van der Waals surface area contributed by atoms with Gasteiger partial charge in [-0.3, -0.25) is 0 Å². The van der Waals surface area contributed by atoms with Gasteiger partial charge >= 0.3 is 18.9 Å². The van der Waals surface area contributed by atoms with E-state index in [1.807, 2.05) is 0 Å². The van der Waals surface area contributed by atoms with E-state index < -0.39 is 0 Å². The minimum absolute atomic E-state index is 0. The van der Waals surface area contributed by atoms with Crippen LogP contribution in [0.2, 0.25) is 0 Å². The molecule has 0 aliphatic carbocycles. The molecule has 0 heterocycles. The molecule has 26 valence electrons. The van der Waals surface area contributed by atoms with Gasteiger partial charge < -0.3 is 5.48 Å². The number of rotatable bonds is 0. The molecule has 0 amide bonds. The number of nitriles is 1. The molecule has 0 saturated carbocycles. The van der Waals surface area contributed by atoms with E-state index in [2.05, 4.69) is 12.6 Å².